The number of primary amides is 1. The number of carbonyl (C=O) groups is 4. The molecule has 3 heterocycles. The van der Waals surface area contributed by atoms with Crippen LogP contribution in [0.3, 0.4) is 0 Å². The molecule has 11 heteroatoms. The van der Waals surface area contributed by atoms with E-state index in [2.05, 4.69) is 4.98 Å². The number of ketones is 1. The van der Waals surface area contributed by atoms with E-state index in [-0.39, 0.29) is 18.7 Å². The lowest BCUT2D eigenvalue weighted by Gasteiger charge is -2.34. The van der Waals surface area contributed by atoms with Gasteiger partial charge in [0.2, 0.25) is 5.91 Å². The molecule has 4 rings (SSSR count). The van der Waals surface area contributed by atoms with Gasteiger partial charge in [0.1, 0.15) is 5.69 Å². The Kier molecular flexibility index (Phi) is 6.37. The van der Waals surface area contributed by atoms with Crippen molar-refractivity contribution in [3.63, 3.8) is 0 Å². The van der Waals surface area contributed by atoms with Crippen LogP contribution in [-0.4, -0.2) is 70.0 Å². The summed E-state index contributed by atoms with van der Waals surface area (Å²) in [6.45, 7) is -0.718. The Hall–Kier alpha value is -2.66. The monoisotopic (exact) mass is 475 g/mol. The number of hydrogen-bond acceptors (Lipinski definition) is 7. The average Bonchev–Trinajstić information content (AvgIpc) is 3.35. The Labute approximate surface area is 192 Å². The number of aromatic nitrogens is 1. The van der Waals surface area contributed by atoms with Gasteiger partial charge in [0.15, 0.2) is 11.3 Å². The van der Waals surface area contributed by atoms with Crippen molar-refractivity contribution in [3.8, 4) is 0 Å². The molecule has 0 spiro atoms. The summed E-state index contributed by atoms with van der Waals surface area (Å²) < 4.78 is 26.9. The predicted octanol–water partition coefficient (Wildman–Crippen LogP) is 0.436. The summed E-state index contributed by atoms with van der Waals surface area (Å²) in [5, 5.41) is -1.27. The molecule has 0 aromatic carbocycles. The normalized spacial score (nSPS) is 26.4. The zero-order chi connectivity index (χ0) is 23.8. The van der Waals surface area contributed by atoms with Crippen LogP contribution in [0.5, 0.6) is 0 Å². The van der Waals surface area contributed by atoms with E-state index in [1.54, 1.807) is 0 Å². The van der Waals surface area contributed by atoms with Crippen molar-refractivity contribution in [2.75, 3.05) is 13.1 Å². The summed E-state index contributed by atoms with van der Waals surface area (Å²) in [5.74, 6) is -2.02. The maximum absolute atomic E-state index is 13.1. The van der Waals surface area contributed by atoms with E-state index in [9.17, 15) is 27.6 Å². The number of nitrogens with zero attached hydrogens (tertiary/aromatic N) is 3. The molecule has 3 aliphatic rings. The minimum Gasteiger partial charge on any atom is -0.367 e. The molecular formula is C22H27N4O6S. The van der Waals surface area contributed by atoms with Gasteiger partial charge < -0.3 is 10.6 Å². The summed E-state index contributed by atoms with van der Waals surface area (Å²) in [4.78, 5) is 56.4. The molecule has 1 aliphatic carbocycles. The molecule has 2 aliphatic heterocycles. The number of pyridine rings is 1. The van der Waals surface area contributed by atoms with E-state index in [1.807, 2.05) is 0 Å². The largest absolute Gasteiger partial charge is 0.367 e. The number of nitrogens with two attached hydrogens (primary N) is 1. The molecule has 1 saturated carbocycles. The SMILES string of the molecule is NC(=O)C12C(=O)CN(S(=O)(=O)C(=O)c3ccccn3)C1CCN2C(=O)[CH]CC1CCCCC1. The van der Waals surface area contributed by atoms with Crippen LogP contribution in [0, 0.1) is 12.3 Å². The molecule has 33 heavy (non-hydrogen) atoms. The maximum atomic E-state index is 13.1. The number of fused-ring (bicyclic) bond motifs is 1. The first-order chi connectivity index (χ1) is 15.7. The van der Waals surface area contributed by atoms with Gasteiger partial charge in [-0.2, -0.15) is 4.31 Å². The maximum Gasteiger partial charge on any atom is 0.310 e. The Bertz CT molecular complexity index is 1070. The van der Waals surface area contributed by atoms with Crippen molar-refractivity contribution in [3.05, 3.63) is 36.5 Å². The predicted molar refractivity (Wildman–Crippen MR) is 117 cm³/mol. The van der Waals surface area contributed by atoms with Crippen LogP contribution in [-0.2, 0) is 24.4 Å². The van der Waals surface area contributed by atoms with Crippen LogP contribution in [0.2, 0.25) is 0 Å². The molecule has 1 radical (unpaired) electrons. The molecule has 2 N–H and O–H groups in total. The van der Waals surface area contributed by atoms with Crippen molar-refractivity contribution in [2.45, 2.75) is 56.5 Å². The fourth-order valence-electron chi connectivity index (χ4n) is 5.37. The van der Waals surface area contributed by atoms with Crippen LogP contribution in [0.15, 0.2) is 24.4 Å². The second kappa shape index (κ2) is 8.94. The van der Waals surface area contributed by atoms with Gasteiger partial charge in [-0.15, -0.1) is 0 Å². The topological polar surface area (TPSA) is 148 Å². The summed E-state index contributed by atoms with van der Waals surface area (Å²) in [7, 11) is -4.67. The van der Waals surface area contributed by atoms with E-state index in [0.717, 1.165) is 30.6 Å². The van der Waals surface area contributed by atoms with Gasteiger partial charge in [-0.1, -0.05) is 38.2 Å². The molecule has 2 saturated heterocycles. The van der Waals surface area contributed by atoms with Crippen molar-refractivity contribution in [1.29, 1.82) is 0 Å². The summed E-state index contributed by atoms with van der Waals surface area (Å²) >= 11 is 0. The first-order valence-corrected chi connectivity index (χ1v) is 12.6. The van der Waals surface area contributed by atoms with Gasteiger partial charge in [0.05, 0.1) is 19.0 Å². The standard InChI is InChI=1S/C22H27N4O6S/c23-21(30)22-17(11-13-25(22)19(28)10-9-15-6-2-1-3-7-15)26(14-18(22)27)33(31,32)20(29)16-8-4-5-12-24-16/h4-5,8,10,12,15,17H,1-3,6-7,9,11,13-14H2,(H2,23,30). The number of Topliss-reactive ketones (excluding diaryl/α,β-unsaturated/α-hetero) is 1. The molecule has 3 fully saturated rings. The van der Waals surface area contributed by atoms with Crippen LogP contribution < -0.4 is 5.73 Å². The van der Waals surface area contributed by atoms with Crippen LogP contribution in [0.25, 0.3) is 0 Å². The van der Waals surface area contributed by atoms with Gasteiger partial charge in [0.25, 0.3) is 15.9 Å². The lowest BCUT2D eigenvalue weighted by atomic mass is 9.85. The fourth-order valence-corrected chi connectivity index (χ4v) is 6.85. The third-order valence-corrected chi connectivity index (χ3v) is 8.69. The van der Waals surface area contributed by atoms with E-state index in [4.69, 9.17) is 5.73 Å². The van der Waals surface area contributed by atoms with Crippen LogP contribution in [0.1, 0.15) is 55.4 Å². The molecule has 2 amide bonds. The van der Waals surface area contributed by atoms with E-state index in [0.29, 0.717) is 16.6 Å². The van der Waals surface area contributed by atoms with E-state index in [1.165, 1.54) is 37.2 Å². The summed E-state index contributed by atoms with van der Waals surface area (Å²) in [5.41, 5.74) is 3.23. The highest BCUT2D eigenvalue weighted by molar-refractivity contribution is 8.04. The summed E-state index contributed by atoms with van der Waals surface area (Å²) in [6, 6.07) is 3.03. The number of sulfonamides is 1. The molecule has 10 nitrogen and oxygen atoms in total. The molecular weight excluding hydrogens is 448 g/mol. The highest BCUT2D eigenvalue weighted by Crippen LogP contribution is 2.42. The lowest BCUT2D eigenvalue weighted by Crippen LogP contribution is -2.64. The second-order valence-corrected chi connectivity index (χ2v) is 10.6. The Balaban J connectivity index is 1.59. The smallest absolute Gasteiger partial charge is 0.310 e. The highest BCUT2D eigenvalue weighted by Gasteiger charge is 2.68. The van der Waals surface area contributed by atoms with Gasteiger partial charge in [0, 0.05) is 12.7 Å². The average molecular weight is 476 g/mol. The Morgan fingerprint density at radius 2 is 1.88 bits per heavy atom. The minimum atomic E-state index is -4.67. The van der Waals surface area contributed by atoms with Crippen LogP contribution >= 0.6 is 0 Å². The molecule has 2 atom stereocenters. The zero-order valence-corrected chi connectivity index (χ0v) is 19.0. The van der Waals surface area contributed by atoms with Gasteiger partial charge in [-0.3, -0.25) is 24.2 Å². The van der Waals surface area contributed by atoms with E-state index >= 15 is 0 Å². The quantitative estimate of drug-likeness (QED) is 0.587. The number of hydrogen-bond donors (Lipinski definition) is 1. The highest BCUT2D eigenvalue weighted by atomic mass is 32.2. The third-order valence-electron chi connectivity index (χ3n) is 7.02. The van der Waals surface area contributed by atoms with Gasteiger partial charge >= 0.3 is 5.12 Å². The number of rotatable bonds is 6. The molecule has 1 aromatic heterocycles. The van der Waals surface area contributed by atoms with Crippen LogP contribution in [0.4, 0.5) is 0 Å². The van der Waals surface area contributed by atoms with Crippen molar-refractivity contribution >= 4 is 32.7 Å². The fraction of sp³-hybridized carbons (Fsp3) is 0.545. The minimum absolute atomic E-state index is 0.0108. The number of carbonyl (C=O) groups excluding carboxylic acids is 4. The lowest BCUT2D eigenvalue weighted by molar-refractivity contribution is -0.147. The van der Waals surface area contributed by atoms with Crippen molar-refractivity contribution in [2.24, 2.45) is 11.7 Å². The molecule has 2 unspecified atom stereocenters. The first kappa shape index (κ1) is 23.5. The Morgan fingerprint density at radius 1 is 1.15 bits per heavy atom. The third kappa shape index (κ3) is 3.86. The first-order valence-electron chi connectivity index (χ1n) is 11.2. The number of likely N-dealkylation sites (tertiary alicyclic amines) is 1. The van der Waals surface area contributed by atoms with Crippen molar-refractivity contribution < 1.29 is 27.6 Å². The van der Waals surface area contributed by atoms with Crippen molar-refractivity contribution in [1.82, 2.24) is 14.2 Å². The second-order valence-electron chi connectivity index (χ2n) is 8.84. The van der Waals surface area contributed by atoms with Gasteiger partial charge in [-0.05, 0) is 30.9 Å². The number of amides is 2. The molecule has 177 valence electrons. The van der Waals surface area contributed by atoms with E-state index < -0.39 is 50.9 Å². The zero-order valence-electron chi connectivity index (χ0n) is 18.2. The van der Waals surface area contributed by atoms with Gasteiger partial charge in [-0.25, -0.2) is 8.42 Å². The summed E-state index contributed by atoms with van der Waals surface area (Å²) in [6.07, 6.45) is 8.76. The molecule has 1 aromatic rings. The molecule has 0 bridgehead atoms. The Morgan fingerprint density at radius 3 is 2.52 bits per heavy atom.